The minimum absolute atomic E-state index is 0.00261. The fourth-order valence-corrected chi connectivity index (χ4v) is 3.83. The number of nitrogens with one attached hydrogen (secondary N) is 1. The van der Waals surface area contributed by atoms with Crippen LogP contribution in [0.15, 0.2) is 12.1 Å². The summed E-state index contributed by atoms with van der Waals surface area (Å²) in [7, 11) is 0. The van der Waals surface area contributed by atoms with Crippen LogP contribution in [0.3, 0.4) is 0 Å². The number of nitro groups is 1. The predicted molar refractivity (Wildman–Crippen MR) is 88.8 cm³/mol. The average molecular weight is 348 g/mol. The number of aryl methyl sites for hydroxylation is 2. The molecule has 0 bridgehead atoms. The van der Waals surface area contributed by atoms with Crippen molar-refractivity contribution in [1.29, 1.82) is 0 Å². The third-order valence-electron chi connectivity index (χ3n) is 2.61. The van der Waals surface area contributed by atoms with E-state index in [0.29, 0.717) is 5.56 Å². The smallest absolute Gasteiger partial charge is 0.311 e. The van der Waals surface area contributed by atoms with Crippen molar-refractivity contribution >= 4 is 24.1 Å². The number of nitro benzene ring substituents is 1. The molecule has 0 amide bonds. The first kappa shape index (κ1) is 19.0. The molecule has 2 N–H and O–H groups in total. The van der Waals surface area contributed by atoms with Gasteiger partial charge in [-0.25, -0.2) is 5.09 Å². The Kier molecular flexibility index (Phi) is 6.90. The molecule has 0 aliphatic rings. The summed E-state index contributed by atoms with van der Waals surface area (Å²) in [6, 6.07) is 3.26. The molecular formula is C13H21N2O5PS. The van der Waals surface area contributed by atoms with Crippen LogP contribution in [-0.2, 0) is 16.3 Å². The Labute approximate surface area is 135 Å². The third kappa shape index (κ3) is 5.98. The molecule has 0 saturated carbocycles. The highest BCUT2D eigenvalue weighted by Gasteiger charge is 2.19. The van der Waals surface area contributed by atoms with E-state index in [-0.39, 0.29) is 30.7 Å². The molecule has 1 aromatic carbocycles. The predicted octanol–water partition coefficient (Wildman–Crippen LogP) is 2.82. The van der Waals surface area contributed by atoms with Gasteiger partial charge in [-0.3, -0.25) is 10.1 Å². The van der Waals surface area contributed by atoms with Crippen molar-refractivity contribution in [2.45, 2.75) is 33.7 Å². The molecule has 0 fully saturated rings. The van der Waals surface area contributed by atoms with Gasteiger partial charge in [-0.2, -0.15) is 0 Å². The van der Waals surface area contributed by atoms with Crippen molar-refractivity contribution in [3.63, 3.8) is 0 Å². The van der Waals surface area contributed by atoms with Crippen LogP contribution in [0, 0.1) is 24.0 Å². The van der Waals surface area contributed by atoms with Gasteiger partial charge >= 0.3 is 5.69 Å². The minimum atomic E-state index is -3.05. The van der Waals surface area contributed by atoms with Gasteiger partial charge < -0.3 is 14.2 Å². The first-order valence-corrected chi connectivity index (χ1v) is 9.43. The third-order valence-corrected chi connectivity index (χ3v) is 4.62. The molecule has 1 rings (SSSR count). The van der Waals surface area contributed by atoms with Gasteiger partial charge in [-0.05, 0) is 50.6 Å². The van der Waals surface area contributed by atoms with Crippen molar-refractivity contribution in [3.8, 4) is 5.75 Å². The number of rotatable bonds is 8. The van der Waals surface area contributed by atoms with Crippen LogP contribution < -0.4 is 9.82 Å². The number of benzene rings is 1. The first-order chi connectivity index (χ1) is 10.1. The fourth-order valence-electron chi connectivity index (χ4n) is 1.92. The van der Waals surface area contributed by atoms with E-state index in [0.717, 1.165) is 5.56 Å². The first-order valence-electron chi connectivity index (χ1n) is 6.76. The SMILES string of the molecule is Cc1cc(C)c(OCCOP(O)(=S)NC(C)C)c([N+](=O)[O-])c1. The summed E-state index contributed by atoms with van der Waals surface area (Å²) in [5.41, 5.74) is 1.39. The van der Waals surface area contributed by atoms with Crippen molar-refractivity contribution in [2.24, 2.45) is 0 Å². The van der Waals surface area contributed by atoms with E-state index < -0.39 is 11.6 Å². The lowest BCUT2D eigenvalue weighted by Crippen LogP contribution is -2.21. The highest BCUT2D eigenvalue weighted by Crippen LogP contribution is 2.38. The van der Waals surface area contributed by atoms with E-state index in [1.165, 1.54) is 6.07 Å². The lowest BCUT2D eigenvalue weighted by molar-refractivity contribution is -0.386. The fraction of sp³-hybridized carbons (Fsp3) is 0.538. The summed E-state index contributed by atoms with van der Waals surface area (Å²) >= 11 is 4.93. The Morgan fingerprint density at radius 2 is 2.05 bits per heavy atom. The number of nitrogens with zero attached hydrogens (tertiary/aromatic N) is 1. The zero-order valence-corrected chi connectivity index (χ0v) is 14.7. The summed E-state index contributed by atoms with van der Waals surface area (Å²) in [6.07, 6.45) is 0. The Bertz CT molecular complexity index is 594. The van der Waals surface area contributed by atoms with Gasteiger partial charge in [0.25, 0.3) is 6.64 Å². The van der Waals surface area contributed by atoms with Gasteiger partial charge in [0.15, 0.2) is 5.75 Å². The Morgan fingerprint density at radius 3 is 2.59 bits per heavy atom. The molecule has 1 atom stereocenters. The highest BCUT2D eigenvalue weighted by molar-refractivity contribution is 8.08. The zero-order chi connectivity index (χ0) is 16.9. The summed E-state index contributed by atoms with van der Waals surface area (Å²) in [6.45, 7) is 4.26. The molecule has 1 unspecified atom stereocenters. The maximum atomic E-state index is 11.1. The normalized spacial score (nSPS) is 13.9. The van der Waals surface area contributed by atoms with Crippen LogP contribution in [0.4, 0.5) is 5.69 Å². The second-order valence-electron chi connectivity index (χ2n) is 5.17. The minimum Gasteiger partial charge on any atom is -0.484 e. The topological polar surface area (TPSA) is 93.9 Å². The maximum Gasteiger partial charge on any atom is 0.311 e. The maximum absolute atomic E-state index is 11.1. The van der Waals surface area contributed by atoms with Crippen molar-refractivity contribution in [2.75, 3.05) is 13.2 Å². The molecule has 22 heavy (non-hydrogen) atoms. The van der Waals surface area contributed by atoms with E-state index in [4.69, 9.17) is 21.1 Å². The van der Waals surface area contributed by atoms with Crippen LogP contribution in [-0.4, -0.2) is 29.1 Å². The second kappa shape index (κ2) is 7.99. The van der Waals surface area contributed by atoms with E-state index in [2.05, 4.69) is 5.09 Å². The number of ether oxygens (including phenoxy) is 1. The summed E-state index contributed by atoms with van der Waals surface area (Å²) in [5, 5.41) is 13.8. The lowest BCUT2D eigenvalue weighted by atomic mass is 10.1. The van der Waals surface area contributed by atoms with Gasteiger partial charge in [0.1, 0.15) is 6.61 Å². The van der Waals surface area contributed by atoms with Crippen LogP contribution >= 0.6 is 6.64 Å². The van der Waals surface area contributed by atoms with Crippen LogP contribution in [0.5, 0.6) is 5.75 Å². The van der Waals surface area contributed by atoms with Crippen LogP contribution in [0.1, 0.15) is 25.0 Å². The van der Waals surface area contributed by atoms with E-state index >= 15 is 0 Å². The Morgan fingerprint density at radius 1 is 1.41 bits per heavy atom. The number of hydrogen-bond donors (Lipinski definition) is 2. The van der Waals surface area contributed by atoms with Crippen molar-refractivity contribution in [3.05, 3.63) is 33.4 Å². The Balaban J connectivity index is 2.66. The van der Waals surface area contributed by atoms with E-state index in [9.17, 15) is 15.0 Å². The lowest BCUT2D eigenvalue weighted by Gasteiger charge is -2.19. The molecule has 7 nitrogen and oxygen atoms in total. The van der Waals surface area contributed by atoms with E-state index in [1.54, 1.807) is 19.9 Å². The highest BCUT2D eigenvalue weighted by atomic mass is 32.5. The molecular weight excluding hydrogens is 327 g/mol. The van der Waals surface area contributed by atoms with Crippen LogP contribution in [0.2, 0.25) is 0 Å². The van der Waals surface area contributed by atoms with Crippen molar-refractivity contribution < 1.29 is 19.1 Å². The van der Waals surface area contributed by atoms with Crippen molar-refractivity contribution in [1.82, 2.24) is 5.09 Å². The largest absolute Gasteiger partial charge is 0.484 e. The summed E-state index contributed by atoms with van der Waals surface area (Å²) in [5.74, 6) is 0.210. The van der Waals surface area contributed by atoms with Gasteiger partial charge in [-0.1, -0.05) is 6.07 Å². The van der Waals surface area contributed by atoms with Gasteiger partial charge in [0, 0.05) is 12.1 Å². The average Bonchev–Trinajstić information content (AvgIpc) is 2.33. The molecule has 0 aromatic heterocycles. The monoisotopic (exact) mass is 348 g/mol. The molecule has 0 aliphatic heterocycles. The molecule has 0 spiro atoms. The van der Waals surface area contributed by atoms with Gasteiger partial charge in [-0.15, -0.1) is 0 Å². The molecule has 0 heterocycles. The molecule has 0 saturated heterocycles. The Hall–Kier alpha value is -1.05. The van der Waals surface area contributed by atoms with Gasteiger partial charge in [0.2, 0.25) is 0 Å². The van der Waals surface area contributed by atoms with Crippen LogP contribution in [0.25, 0.3) is 0 Å². The summed E-state index contributed by atoms with van der Waals surface area (Å²) in [4.78, 5) is 20.4. The zero-order valence-electron chi connectivity index (χ0n) is 13.0. The molecule has 1 aromatic rings. The standard InChI is InChI=1S/C13H21N2O5PS/c1-9(2)14-21(18,22)20-6-5-19-13-11(4)7-10(3)8-12(13)15(16)17/h7-9H,5-6H2,1-4H3,(H2,14,18,22). The molecule has 9 heteroatoms. The second-order valence-corrected chi connectivity index (χ2v) is 8.22. The van der Waals surface area contributed by atoms with E-state index in [1.807, 2.05) is 13.8 Å². The summed E-state index contributed by atoms with van der Waals surface area (Å²) < 4.78 is 10.7. The quantitative estimate of drug-likeness (QED) is 0.323. The molecule has 0 radical (unpaired) electrons. The number of hydrogen-bond acceptors (Lipinski definition) is 5. The molecule has 0 aliphatic carbocycles. The molecule has 124 valence electrons. The van der Waals surface area contributed by atoms with Gasteiger partial charge in [0.05, 0.1) is 11.5 Å².